The zero-order valence-corrected chi connectivity index (χ0v) is 12.0. The van der Waals surface area contributed by atoms with Crippen molar-refractivity contribution in [3.63, 3.8) is 0 Å². The molecule has 1 atom stereocenters. The van der Waals surface area contributed by atoms with Crippen LogP contribution >= 0.6 is 0 Å². The fourth-order valence-corrected chi connectivity index (χ4v) is 1.90. The molecule has 0 saturated heterocycles. The maximum atomic E-state index is 7.15. The third-order valence-corrected chi connectivity index (χ3v) is 3.00. The summed E-state index contributed by atoms with van der Waals surface area (Å²) in [5.74, 6) is 1.57. The maximum Gasteiger partial charge on any atom is 0.249 e. The largest absolute Gasteiger partial charge is 0.496 e. The Bertz CT molecular complexity index is 467. The van der Waals surface area contributed by atoms with Gasteiger partial charge in [-0.1, -0.05) is 20.8 Å². The molecule has 0 amide bonds. The van der Waals surface area contributed by atoms with E-state index < -0.39 is 0 Å². The van der Waals surface area contributed by atoms with Crippen LogP contribution in [0.3, 0.4) is 0 Å². The van der Waals surface area contributed by atoms with Crippen LogP contribution in [0.15, 0.2) is 12.1 Å². The Balaban J connectivity index is 3.48. The van der Waals surface area contributed by atoms with Gasteiger partial charge in [-0.2, -0.15) is 0 Å². The van der Waals surface area contributed by atoms with Crippen molar-refractivity contribution in [1.82, 2.24) is 0 Å². The molecule has 1 unspecified atom stereocenters. The quantitative estimate of drug-likeness (QED) is 0.754. The van der Waals surface area contributed by atoms with Gasteiger partial charge in [-0.25, -0.2) is 6.57 Å². The van der Waals surface area contributed by atoms with E-state index in [1.165, 1.54) is 0 Å². The minimum Gasteiger partial charge on any atom is -0.496 e. The normalized spacial score (nSPS) is 12.7. The molecule has 1 aromatic rings. The van der Waals surface area contributed by atoms with E-state index in [0.29, 0.717) is 0 Å². The smallest absolute Gasteiger partial charge is 0.249 e. The lowest BCUT2D eigenvalue weighted by Gasteiger charge is -2.24. The molecule has 1 aromatic carbocycles. The summed E-state index contributed by atoms with van der Waals surface area (Å²) in [6, 6.07) is 3.67. The number of rotatable bonds is 3. The third kappa shape index (κ3) is 2.76. The van der Waals surface area contributed by atoms with Crippen molar-refractivity contribution < 1.29 is 9.47 Å². The van der Waals surface area contributed by atoms with Gasteiger partial charge in [-0.15, -0.1) is 0 Å². The van der Waals surface area contributed by atoms with E-state index >= 15 is 0 Å². The fourth-order valence-electron chi connectivity index (χ4n) is 1.90. The Morgan fingerprint density at radius 3 is 2.06 bits per heavy atom. The number of hydrogen-bond acceptors (Lipinski definition) is 2. The van der Waals surface area contributed by atoms with Crippen LogP contribution in [0, 0.1) is 6.57 Å². The molecule has 0 aliphatic rings. The maximum absolute atomic E-state index is 7.15. The lowest BCUT2D eigenvalue weighted by Crippen LogP contribution is -2.14. The molecule has 3 heteroatoms. The summed E-state index contributed by atoms with van der Waals surface area (Å²) in [6.07, 6.45) is 0. The zero-order valence-electron chi connectivity index (χ0n) is 12.0. The van der Waals surface area contributed by atoms with Crippen molar-refractivity contribution in [3.05, 3.63) is 34.7 Å². The Morgan fingerprint density at radius 2 is 1.67 bits per heavy atom. The van der Waals surface area contributed by atoms with Gasteiger partial charge in [0.1, 0.15) is 11.5 Å². The molecule has 0 bridgehead atoms. The lowest BCUT2D eigenvalue weighted by molar-refractivity contribution is 0.384. The first kappa shape index (κ1) is 14.4. The molecule has 0 saturated carbocycles. The van der Waals surface area contributed by atoms with Gasteiger partial charge in [0.05, 0.1) is 19.8 Å². The van der Waals surface area contributed by atoms with E-state index in [1.54, 1.807) is 14.2 Å². The summed E-state index contributed by atoms with van der Waals surface area (Å²) in [4.78, 5) is 3.55. The highest BCUT2D eigenvalue weighted by Crippen LogP contribution is 2.39. The Labute approximate surface area is 110 Å². The van der Waals surface area contributed by atoms with Gasteiger partial charge in [0, 0.05) is 12.5 Å². The predicted molar refractivity (Wildman–Crippen MR) is 73.3 cm³/mol. The topological polar surface area (TPSA) is 22.8 Å². The Kier molecular flexibility index (Phi) is 4.24. The van der Waals surface area contributed by atoms with Gasteiger partial charge < -0.3 is 14.3 Å². The standard InChI is InChI=1S/C15H21NO2/c1-10(16-5)11-8-14(18-7)12(15(2,3)4)9-13(11)17-6/h8-10H,1-4,6-7H3. The summed E-state index contributed by atoms with van der Waals surface area (Å²) < 4.78 is 10.9. The molecule has 0 heterocycles. The number of nitrogens with zero attached hydrogens (tertiary/aromatic N) is 1. The van der Waals surface area contributed by atoms with Crippen LogP contribution in [-0.2, 0) is 5.41 Å². The molecule has 0 radical (unpaired) electrons. The average Bonchev–Trinajstić information content (AvgIpc) is 2.34. The first-order valence-corrected chi connectivity index (χ1v) is 5.98. The molecule has 3 nitrogen and oxygen atoms in total. The van der Waals surface area contributed by atoms with Crippen LogP contribution in [0.5, 0.6) is 11.5 Å². The Hall–Kier alpha value is -1.69. The van der Waals surface area contributed by atoms with Gasteiger partial charge in [-0.05, 0) is 17.5 Å². The molecular weight excluding hydrogens is 226 g/mol. The highest BCUT2D eigenvalue weighted by Gasteiger charge is 2.24. The summed E-state index contributed by atoms with van der Waals surface area (Å²) >= 11 is 0. The van der Waals surface area contributed by atoms with Gasteiger partial charge in [-0.3, -0.25) is 0 Å². The minimum atomic E-state index is -0.233. The second-order valence-corrected chi connectivity index (χ2v) is 5.35. The molecule has 0 spiro atoms. The number of ether oxygens (including phenoxy) is 2. The molecule has 0 aliphatic heterocycles. The minimum absolute atomic E-state index is 0.0293. The highest BCUT2D eigenvalue weighted by atomic mass is 16.5. The van der Waals surface area contributed by atoms with Crippen LogP contribution < -0.4 is 9.47 Å². The van der Waals surface area contributed by atoms with E-state index in [2.05, 4.69) is 25.6 Å². The van der Waals surface area contributed by atoms with Crippen molar-refractivity contribution in [2.75, 3.05) is 14.2 Å². The first-order chi connectivity index (χ1) is 8.35. The van der Waals surface area contributed by atoms with Crippen LogP contribution in [0.1, 0.15) is 44.9 Å². The molecule has 1 rings (SSSR count). The van der Waals surface area contributed by atoms with Crippen molar-refractivity contribution in [3.8, 4) is 11.5 Å². The van der Waals surface area contributed by atoms with Crippen molar-refractivity contribution in [2.45, 2.75) is 39.2 Å². The van der Waals surface area contributed by atoms with E-state index in [1.807, 2.05) is 19.1 Å². The van der Waals surface area contributed by atoms with E-state index in [9.17, 15) is 0 Å². The highest BCUT2D eigenvalue weighted by molar-refractivity contribution is 5.50. The van der Waals surface area contributed by atoms with Gasteiger partial charge in [0.2, 0.25) is 6.04 Å². The predicted octanol–water partition coefficient (Wildman–Crippen LogP) is 3.98. The van der Waals surface area contributed by atoms with Crippen LogP contribution in [0.2, 0.25) is 0 Å². The van der Waals surface area contributed by atoms with Crippen molar-refractivity contribution in [1.29, 1.82) is 0 Å². The summed E-state index contributed by atoms with van der Waals surface area (Å²) in [5.41, 5.74) is 1.93. The number of hydrogen-bond donors (Lipinski definition) is 0. The molecule has 0 aliphatic carbocycles. The van der Waals surface area contributed by atoms with Crippen LogP contribution in [-0.4, -0.2) is 14.2 Å². The van der Waals surface area contributed by atoms with Gasteiger partial charge in [0.25, 0.3) is 0 Å². The molecule has 0 fully saturated rings. The second kappa shape index (κ2) is 5.30. The molecule has 18 heavy (non-hydrogen) atoms. The van der Waals surface area contributed by atoms with E-state index in [4.69, 9.17) is 16.0 Å². The SMILES string of the molecule is [C-]#[N+]C(C)c1cc(OC)c(C(C)(C)C)cc1OC. The first-order valence-electron chi connectivity index (χ1n) is 5.98. The zero-order chi connectivity index (χ0) is 13.9. The van der Waals surface area contributed by atoms with Gasteiger partial charge in [0.15, 0.2) is 0 Å². The van der Waals surface area contributed by atoms with Gasteiger partial charge >= 0.3 is 0 Å². The lowest BCUT2D eigenvalue weighted by atomic mass is 9.85. The third-order valence-electron chi connectivity index (χ3n) is 3.00. The van der Waals surface area contributed by atoms with E-state index in [-0.39, 0.29) is 11.5 Å². The summed E-state index contributed by atoms with van der Waals surface area (Å²) in [5, 5.41) is 0. The van der Waals surface area contributed by atoms with E-state index in [0.717, 1.165) is 22.6 Å². The molecular formula is C15H21NO2. The molecule has 0 aromatic heterocycles. The van der Waals surface area contributed by atoms with Crippen LogP contribution in [0.4, 0.5) is 0 Å². The fraction of sp³-hybridized carbons (Fsp3) is 0.533. The second-order valence-electron chi connectivity index (χ2n) is 5.35. The number of methoxy groups -OCH3 is 2. The van der Waals surface area contributed by atoms with Crippen LogP contribution in [0.25, 0.3) is 4.85 Å². The average molecular weight is 247 g/mol. The molecule has 0 N–H and O–H groups in total. The summed E-state index contributed by atoms with van der Waals surface area (Å²) in [7, 11) is 3.29. The Morgan fingerprint density at radius 1 is 1.11 bits per heavy atom. The number of benzene rings is 1. The monoisotopic (exact) mass is 247 g/mol. The molecule has 98 valence electrons. The van der Waals surface area contributed by atoms with Crippen molar-refractivity contribution >= 4 is 0 Å². The summed E-state index contributed by atoms with van der Waals surface area (Å²) in [6.45, 7) is 15.4. The van der Waals surface area contributed by atoms with Crippen molar-refractivity contribution in [2.24, 2.45) is 0 Å².